The lowest BCUT2D eigenvalue weighted by Crippen LogP contribution is -2.41. The van der Waals surface area contributed by atoms with Crippen molar-refractivity contribution >= 4 is 202 Å². The molecule has 9 heterocycles. The average Bonchev–Trinajstić information content (AvgIpc) is 1.59. The largest absolute Gasteiger partial charge is 0.495 e. The first-order chi connectivity index (χ1) is 56.3. The molecule has 6 aromatic heterocycles. The van der Waals surface area contributed by atoms with E-state index < -0.39 is 43.8 Å². The van der Waals surface area contributed by atoms with Gasteiger partial charge >= 0.3 is 21.4 Å². The minimum absolute atomic E-state index is 0.379. The summed E-state index contributed by atoms with van der Waals surface area (Å²) in [5.74, 6) is 0. The van der Waals surface area contributed by atoms with E-state index in [9.17, 15) is 0 Å². The van der Waals surface area contributed by atoms with E-state index in [1.165, 1.54) is 16.2 Å². The fourth-order valence-electron chi connectivity index (χ4n) is 17.7. The predicted molar refractivity (Wildman–Crippen MR) is 479 cm³/mol. The lowest BCUT2D eigenvalue weighted by atomic mass is 9.75. The van der Waals surface area contributed by atoms with Gasteiger partial charge in [-0.05, 0) is 263 Å². The molecule has 0 radical (unpaired) electrons. The molecule has 12 nitrogen and oxygen atoms in total. The molecule has 15 heteroatoms. The van der Waals surface area contributed by atoms with Crippen molar-refractivity contribution in [3.05, 3.63) is 273 Å². The van der Waals surface area contributed by atoms with Gasteiger partial charge < -0.3 is 54.4 Å². The van der Waals surface area contributed by atoms with Crippen LogP contribution >= 0.6 is 0 Å². The van der Waals surface area contributed by atoms with E-state index in [-0.39, 0.29) is 11.2 Å². The summed E-state index contributed by atoms with van der Waals surface area (Å²) in [6.45, 7) is 25.0. The van der Waals surface area contributed by atoms with Gasteiger partial charge in [0, 0.05) is 70.2 Å². The number of furan rings is 6. The summed E-state index contributed by atoms with van der Waals surface area (Å²) in [5, 5.41) is 20.1. The van der Waals surface area contributed by atoms with Crippen molar-refractivity contribution in [2.24, 2.45) is 0 Å². The molecule has 0 saturated carbocycles. The smallest absolute Gasteiger partial charge is 0.456 e. The first-order valence-electron chi connectivity index (χ1n) is 40.3. The third kappa shape index (κ3) is 11.4. The number of hydrogen-bond acceptors (Lipinski definition) is 12. The number of benzene rings is 15. The highest BCUT2D eigenvalue weighted by molar-refractivity contribution is 6.67. The van der Waals surface area contributed by atoms with Gasteiger partial charge in [0.05, 0.1) is 33.6 Å². The molecule has 3 saturated heterocycles. The van der Waals surface area contributed by atoms with Crippen molar-refractivity contribution in [2.45, 2.75) is 117 Å². The van der Waals surface area contributed by atoms with E-state index >= 15 is 0 Å². The summed E-state index contributed by atoms with van der Waals surface area (Å²) in [6.07, 6.45) is 0. The molecule has 24 rings (SSSR count). The highest BCUT2D eigenvalue weighted by Gasteiger charge is 2.55. The Labute approximate surface area is 675 Å². The molecule has 117 heavy (non-hydrogen) atoms. The maximum Gasteiger partial charge on any atom is 0.495 e. The van der Waals surface area contributed by atoms with E-state index in [4.69, 9.17) is 54.4 Å². The minimum atomic E-state index is -0.525. The van der Waals surface area contributed by atoms with E-state index in [1.807, 2.05) is 72.8 Å². The zero-order chi connectivity index (χ0) is 79.6. The summed E-state index contributed by atoms with van der Waals surface area (Å²) in [5.41, 5.74) is 17.5. The van der Waals surface area contributed by atoms with Crippen LogP contribution in [0.3, 0.4) is 0 Å². The molecule has 3 fully saturated rings. The summed E-state index contributed by atoms with van der Waals surface area (Å²) in [7, 11) is -1.39. The topological polar surface area (TPSA) is 134 Å². The Kier molecular flexibility index (Phi) is 15.7. The quantitative estimate of drug-likeness (QED) is 0.147. The lowest BCUT2D eigenvalue weighted by Gasteiger charge is -2.32. The van der Waals surface area contributed by atoms with Gasteiger partial charge in [-0.15, -0.1) is 0 Å². The number of hydrogen-bond donors (Lipinski definition) is 0. The minimum Gasteiger partial charge on any atom is -0.456 e. The Morgan fingerprint density at radius 2 is 0.590 bits per heavy atom. The molecule has 0 N–H and O–H groups in total. The van der Waals surface area contributed by atoms with Crippen LogP contribution in [-0.4, -0.2) is 55.0 Å². The maximum absolute atomic E-state index is 6.58. The molecule has 0 atom stereocenters. The molecule has 15 aromatic carbocycles. The van der Waals surface area contributed by atoms with Crippen LogP contribution in [0.15, 0.2) is 299 Å². The van der Waals surface area contributed by atoms with E-state index in [0.717, 1.165) is 198 Å². The van der Waals surface area contributed by atoms with E-state index in [2.05, 4.69) is 283 Å². The summed E-state index contributed by atoms with van der Waals surface area (Å²) in [4.78, 5) is 0. The van der Waals surface area contributed by atoms with Crippen molar-refractivity contribution in [1.82, 2.24) is 0 Å². The molecule has 3 aliphatic rings. The van der Waals surface area contributed by atoms with Crippen molar-refractivity contribution in [3.8, 4) is 33.4 Å². The van der Waals surface area contributed by atoms with Gasteiger partial charge in [-0.2, -0.15) is 0 Å². The Hall–Kier alpha value is -12.2. The molecule has 0 amide bonds. The van der Waals surface area contributed by atoms with Crippen LogP contribution in [0.1, 0.15) is 83.1 Å². The molecule has 0 unspecified atom stereocenters. The molecule has 21 aromatic rings. The monoisotopic (exact) mass is 1530 g/mol. The van der Waals surface area contributed by atoms with Crippen LogP contribution in [0.25, 0.3) is 197 Å². The summed E-state index contributed by atoms with van der Waals surface area (Å²) in [6, 6.07) is 94.8. The second-order valence-electron chi connectivity index (χ2n) is 34.8. The zero-order valence-corrected chi connectivity index (χ0v) is 67.1. The second kappa shape index (κ2) is 25.7. The zero-order valence-electron chi connectivity index (χ0n) is 67.1. The van der Waals surface area contributed by atoms with E-state index in [1.54, 1.807) is 0 Å². The van der Waals surface area contributed by atoms with Gasteiger partial charge in [0.2, 0.25) is 0 Å². The summed E-state index contributed by atoms with van der Waals surface area (Å²) >= 11 is 0. The predicted octanol–water partition coefficient (Wildman–Crippen LogP) is 25.8. The van der Waals surface area contributed by atoms with Crippen LogP contribution in [-0.2, 0) is 27.9 Å². The van der Waals surface area contributed by atoms with Gasteiger partial charge in [-0.3, -0.25) is 0 Å². The van der Waals surface area contributed by atoms with Gasteiger partial charge in [0.25, 0.3) is 0 Å². The first kappa shape index (κ1) is 71.4. The van der Waals surface area contributed by atoms with Gasteiger partial charge in [-0.1, -0.05) is 170 Å². The van der Waals surface area contributed by atoms with Crippen LogP contribution in [0.5, 0.6) is 0 Å². The Balaban J connectivity index is 0.000000106. The fraction of sp³-hybridized carbons (Fsp3) is 0.176. The normalized spacial score (nSPS) is 16.9. The van der Waals surface area contributed by atoms with Gasteiger partial charge in [-0.25, -0.2) is 0 Å². The Bertz CT molecular complexity index is 7680. The Morgan fingerprint density at radius 3 is 1.27 bits per heavy atom. The number of fused-ring (bicyclic) bond motifs is 21. The molecular formula is C102H81B3O12. The molecular weight excluding hydrogens is 1450 g/mol. The molecule has 0 aliphatic carbocycles. The van der Waals surface area contributed by atoms with Gasteiger partial charge in [0.1, 0.15) is 67.0 Å². The number of rotatable bonds is 6. The van der Waals surface area contributed by atoms with Crippen molar-refractivity contribution in [2.75, 3.05) is 0 Å². The van der Waals surface area contributed by atoms with Crippen molar-refractivity contribution < 1.29 is 54.4 Å². The van der Waals surface area contributed by atoms with Crippen molar-refractivity contribution in [3.63, 3.8) is 0 Å². The van der Waals surface area contributed by atoms with Crippen LogP contribution < -0.4 is 16.4 Å². The maximum atomic E-state index is 6.58. The lowest BCUT2D eigenvalue weighted by molar-refractivity contribution is 0.00578. The highest BCUT2D eigenvalue weighted by atomic mass is 16.7. The summed E-state index contributed by atoms with van der Waals surface area (Å²) < 4.78 is 76.6. The SMILES string of the molecule is CC1(C)OB(c2cc(-c3cccc4oc5cc6ccccc6cc5c34)cc3oc4ccccc4c23)OC1(C)C.CC1(C)OB(c2ccc3oc4cc(-c5ccc6cc7c(cc6c5)oc5ccccc57)ccc4c3c2)OC1(C)C.CC1(C)OB(c2cccc3oc4cc(-c5c6ccccc6cc6oc7ccccc7c56)ccc4c23)OC1(C)C. The van der Waals surface area contributed by atoms with Crippen LogP contribution in [0, 0.1) is 0 Å². The first-order valence-corrected chi connectivity index (χ1v) is 40.3. The van der Waals surface area contributed by atoms with Crippen LogP contribution in [0.4, 0.5) is 0 Å². The average molecular weight is 1530 g/mol. The number of para-hydroxylation sites is 3. The van der Waals surface area contributed by atoms with Crippen molar-refractivity contribution in [1.29, 1.82) is 0 Å². The standard InChI is InChI=1S/3C34H27BO4/c1-33(2)34(3,4)39-35(38-33)26-17-22(19-30-32(26)24-12-7-8-14-27(24)36-30)23-13-9-15-28-31(23)25-16-20-10-5-6-11-21(20)18-29(25)37-28;1-33(2)34(3,4)39-35(38-33)25-13-9-15-27-31(25)24-17-16-21(19-28(24)37-27)30-22-11-6-5-10-20(22)18-29-32(30)23-12-7-8-14-26(23)36-29;1-33(2)34(3,4)39-35(38-33)24-12-14-30-28(19-24)26-13-11-22(17-31(26)37-30)20-9-10-21-16-27-25-7-5-6-8-29(25)36-32(27)18-23(21)15-20/h3*5-19H,1-4H3. The van der Waals surface area contributed by atoms with E-state index in [0.29, 0.717) is 0 Å². The Morgan fingerprint density at radius 1 is 0.197 bits per heavy atom. The molecule has 570 valence electrons. The highest BCUT2D eigenvalue weighted by Crippen LogP contribution is 2.48. The third-order valence-corrected chi connectivity index (χ3v) is 26.1. The second-order valence-corrected chi connectivity index (χ2v) is 34.8. The molecule has 3 aliphatic heterocycles. The fourth-order valence-corrected chi connectivity index (χ4v) is 17.7. The van der Waals surface area contributed by atoms with Crippen LogP contribution in [0.2, 0.25) is 0 Å². The third-order valence-electron chi connectivity index (χ3n) is 26.1. The molecule has 0 bridgehead atoms. The van der Waals surface area contributed by atoms with Gasteiger partial charge in [0.15, 0.2) is 0 Å². The molecule has 0 spiro atoms.